The van der Waals surface area contributed by atoms with Crippen LogP contribution < -0.4 is 5.73 Å². The minimum Gasteiger partial charge on any atom is -0.320 e. The summed E-state index contributed by atoms with van der Waals surface area (Å²) in [5, 5.41) is 6.86. The van der Waals surface area contributed by atoms with Crippen LogP contribution in [-0.2, 0) is 16.1 Å². The molecule has 150 valence electrons. The molecule has 2 aromatic rings. The standard InChI is InChI=1S/C23H24FN3OS/c1-14-8-11-19(24)17(13-14)21-26-27(22(28)20(25)16-9-10-16)23(29-21)12-4-6-15-5-2-3-7-18(15)23/h2-3,5,7-8,11,13,16,20H,4,6,9-10,12,25H2,1H3/t20-,23?/m0/s1. The highest BCUT2D eigenvalue weighted by atomic mass is 32.2. The molecule has 1 heterocycles. The number of aryl methyl sites for hydroxylation is 2. The molecule has 2 atom stereocenters. The van der Waals surface area contributed by atoms with E-state index in [1.165, 1.54) is 23.4 Å². The van der Waals surface area contributed by atoms with Crippen LogP contribution >= 0.6 is 11.8 Å². The van der Waals surface area contributed by atoms with Gasteiger partial charge in [0, 0.05) is 5.56 Å². The lowest BCUT2D eigenvalue weighted by Gasteiger charge is -2.40. The Hall–Kier alpha value is -2.18. The van der Waals surface area contributed by atoms with Crippen molar-refractivity contribution in [2.75, 3.05) is 0 Å². The molecule has 0 bridgehead atoms. The summed E-state index contributed by atoms with van der Waals surface area (Å²) in [6.45, 7) is 1.93. The molecular formula is C23H24FN3OS. The average molecular weight is 410 g/mol. The largest absolute Gasteiger partial charge is 0.320 e. The fourth-order valence-electron chi connectivity index (χ4n) is 4.43. The van der Waals surface area contributed by atoms with Crippen molar-refractivity contribution >= 4 is 22.7 Å². The van der Waals surface area contributed by atoms with Gasteiger partial charge in [0.15, 0.2) is 0 Å². The second-order valence-electron chi connectivity index (χ2n) is 8.30. The zero-order chi connectivity index (χ0) is 20.2. The van der Waals surface area contributed by atoms with Crippen LogP contribution in [0.1, 0.15) is 47.9 Å². The Kier molecular flexibility index (Phi) is 4.51. The fraction of sp³-hybridized carbons (Fsp3) is 0.391. The number of nitrogens with two attached hydrogens (primary N) is 1. The number of nitrogens with zero attached hydrogens (tertiary/aromatic N) is 2. The molecule has 1 unspecified atom stereocenters. The third-order valence-corrected chi connectivity index (χ3v) is 7.60. The summed E-state index contributed by atoms with van der Waals surface area (Å²) in [6, 6.07) is 12.7. The van der Waals surface area contributed by atoms with Crippen molar-refractivity contribution in [1.29, 1.82) is 0 Å². The van der Waals surface area contributed by atoms with Crippen molar-refractivity contribution in [2.45, 2.75) is 49.9 Å². The van der Waals surface area contributed by atoms with Crippen LogP contribution in [0.3, 0.4) is 0 Å². The summed E-state index contributed by atoms with van der Waals surface area (Å²) in [5.41, 5.74) is 10.0. The first-order chi connectivity index (χ1) is 14.0. The van der Waals surface area contributed by atoms with E-state index in [1.807, 2.05) is 19.1 Å². The normalized spacial score (nSPS) is 24.4. The highest BCUT2D eigenvalue weighted by Crippen LogP contribution is 2.54. The monoisotopic (exact) mass is 409 g/mol. The summed E-state index contributed by atoms with van der Waals surface area (Å²) >= 11 is 1.50. The van der Waals surface area contributed by atoms with Crippen LogP contribution in [0.4, 0.5) is 4.39 Å². The van der Waals surface area contributed by atoms with Crippen LogP contribution in [0.25, 0.3) is 0 Å². The van der Waals surface area contributed by atoms with Gasteiger partial charge in [0.05, 0.1) is 6.04 Å². The van der Waals surface area contributed by atoms with Crippen LogP contribution in [0.2, 0.25) is 0 Å². The molecule has 2 aliphatic carbocycles. The Morgan fingerprint density at radius 1 is 1.31 bits per heavy atom. The number of hydrogen-bond acceptors (Lipinski definition) is 4. The molecule has 1 spiro atoms. The van der Waals surface area contributed by atoms with E-state index in [0.717, 1.165) is 43.2 Å². The maximum Gasteiger partial charge on any atom is 0.261 e. The lowest BCUT2D eigenvalue weighted by molar-refractivity contribution is -0.137. The van der Waals surface area contributed by atoms with Gasteiger partial charge >= 0.3 is 0 Å². The number of carbonyl (C=O) groups excluding carboxylic acids is 1. The molecule has 2 aromatic carbocycles. The van der Waals surface area contributed by atoms with E-state index >= 15 is 0 Å². The molecule has 0 radical (unpaired) electrons. The molecule has 2 N–H and O–H groups in total. The number of hydrazone groups is 1. The van der Waals surface area contributed by atoms with Crippen LogP contribution in [-0.4, -0.2) is 22.0 Å². The summed E-state index contributed by atoms with van der Waals surface area (Å²) in [7, 11) is 0. The fourth-order valence-corrected chi connectivity index (χ4v) is 5.91. The van der Waals surface area contributed by atoms with Gasteiger partial charge in [-0.2, -0.15) is 5.10 Å². The third-order valence-electron chi connectivity index (χ3n) is 6.17. The zero-order valence-electron chi connectivity index (χ0n) is 16.4. The van der Waals surface area contributed by atoms with Gasteiger partial charge in [0.2, 0.25) is 0 Å². The Labute approximate surface area is 174 Å². The Bertz CT molecular complexity index is 1020. The van der Waals surface area contributed by atoms with Gasteiger partial charge in [-0.25, -0.2) is 9.40 Å². The molecule has 6 heteroatoms. The summed E-state index contributed by atoms with van der Waals surface area (Å²) in [4.78, 5) is 12.8. The molecule has 1 aliphatic heterocycles. The third kappa shape index (κ3) is 3.09. The summed E-state index contributed by atoms with van der Waals surface area (Å²) in [6.07, 6.45) is 4.67. The van der Waals surface area contributed by atoms with E-state index < -0.39 is 10.9 Å². The number of hydrogen-bond donors (Lipinski definition) is 1. The number of thioether (sulfide) groups is 1. The van der Waals surface area contributed by atoms with E-state index in [2.05, 4.69) is 12.1 Å². The predicted molar refractivity (Wildman–Crippen MR) is 114 cm³/mol. The van der Waals surface area contributed by atoms with Gasteiger partial charge in [-0.3, -0.25) is 4.79 Å². The molecule has 1 amide bonds. The van der Waals surface area contributed by atoms with Gasteiger partial charge in [0.1, 0.15) is 15.7 Å². The molecule has 1 saturated carbocycles. The first-order valence-corrected chi connectivity index (χ1v) is 11.0. The number of amides is 1. The highest BCUT2D eigenvalue weighted by Gasteiger charge is 2.52. The second kappa shape index (κ2) is 6.96. The number of carbonyl (C=O) groups is 1. The summed E-state index contributed by atoms with van der Waals surface area (Å²) in [5.74, 6) is -0.236. The number of rotatable bonds is 3. The molecule has 29 heavy (non-hydrogen) atoms. The SMILES string of the molecule is Cc1ccc(F)c(C2=NN(C(=O)[C@@H](N)C3CC3)C3(CCCc4ccccc43)S2)c1. The lowest BCUT2D eigenvalue weighted by atomic mass is 9.86. The van der Waals surface area contributed by atoms with Gasteiger partial charge in [-0.05, 0) is 68.2 Å². The molecule has 3 aliphatic rings. The van der Waals surface area contributed by atoms with Gasteiger partial charge < -0.3 is 5.73 Å². The topological polar surface area (TPSA) is 58.7 Å². The quantitative estimate of drug-likeness (QED) is 0.822. The Morgan fingerprint density at radius 3 is 2.90 bits per heavy atom. The second-order valence-corrected chi connectivity index (χ2v) is 9.57. The lowest BCUT2D eigenvalue weighted by Crippen LogP contribution is -2.50. The maximum atomic E-state index is 14.7. The van der Waals surface area contributed by atoms with Crippen LogP contribution in [0.5, 0.6) is 0 Å². The maximum absolute atomic E-state index is 14.7. The first kappa shape index (κ1) is 18.8. The molecule has 0 aromatic heterocycles. The average Bonchev–Trinajstić information content (AvgIpc) is 3.51. The van der Waals surface area contributed by atoms with Gasteiger partial charge in [-0.15, -0.1) is 0 Å². The Morgan fingerprint density at radius 2 is 2.10 bits per heavy atom. The van der Waals surface area contributed by atoms with Crippen LogP contribution in [0, 0.1) is 18.7 Å². The number of fused-ring (bicyclic) bond motifs is 2. The van der Waals surface area contributed by atoms with Crippen molar-refractivity contribution in [3.8, 4) is 0 Å². The molecule has 4 nitrogen and oxygen atoms in total. The van der Waals surface area contributed by atoms with E-state index in [-0.39, 0.29) is 17.6 Å². The molecule has 5 rings (SSSR count). The van der Waals surface area contributed by atoms with Crippen molar-refractivity contribution in [2.24, 2.45) is 16.8 Å². The van der Waals surface area contributed by atoms with Crippen molar-refractivity contribution in [3.63, 3.8) is 0 Å². The summed E-state index contributed by atoms with van der Waals surface area (Å²) < 4.78 is 14.7. The highest BCUT2D eigenvalue weighted by molar-refractivity contribution is 8.15. The minimum atomic E-state index is -0.649. The van der Waals surface area contributed by atoms with Crippen molar-refractivity contribution < 1.29 is 9.18 Å². The smallest absolute Gasteiger partial charge is 0.261 e. The number of halogens is 1. The van der Waals surface area contributed by atoms with E-state index in [1.54, 1.807) is 17.1 Å². The van der Waals surface area contributed by atoms with Crippen molar-refractivity contribution in [3.05, 3.63) is 70.5 Å². The first-order valence-electron chi connectivity index (χ1n) is 10.2. The van der Waals surface area contributed by atoms with Gasteiger partial charge in [-0.1, -0.05) is 47.7 Å². The van der Waals surface area contributed by atoms with E-state index in [0.29, 0.717) is 10.6 Å². The molecular weight excluding hydrogens is 385 g/mol. The predicted octanol–water partition coefficient (Wildman–Crippen LogP) is 4.30. The van der Waals surface area contributed by atoms with Crippen LogP contribution in [0.15, 0.2) is 47.6 Å². The van der Waals surface area contributed by atoms with E-state index in [4.69, 9.17) is 10.8 Å². The molecule has 0 saturated heterocycles. The zero-order valence-corrected chi connectivity index (χ0v) is 17.2. The van der Waals surface area contributed by atoms with E-state index in [9.17, 15) is 9.18 Å². The van der Waals surface area contributed by atoms with Crippen molar-refractivity contribution in [1.82, 2.24) is 5.01 Å². The number of benzene rings is 2. The minimum absolute atomic E-state index is 0.153. The Balaban J connectivity index is 1.63. The molecule has 1 fully saturated rings. The van der Waals surface area contributed by atoms with Gasteiger partial charge in [0.25, 0.3) is 5.91 Å².